The standard InChI is InChI=1S/C15H18N2O2/c1-19-11-13-4-2-12(3-5-13)8-16-15-7-6-14(10-18)9-17-15/h2-7,9,18H,8,10-11H2,1H3,(H,16,17). The molecule has 0 aliphatic heterocycles. The first-order chi connectivity index (χ1) is 9.31. The smallest absolute Gasteiger partial charge is 0.126 e. The molecule has 0 amide bonds. The Bertz CT molecular complexity index is 495. The highest BCUT2D eigenvalue weighted by Gasteiger charge is 1.97. The van der Waals surface area contributed by atoms with Crippen molar-refractivity contribution in [3.63, 3.8) is 0 Å². The van der Waals surface area contributed by atoms with Crippen LogP contribution in [0.5, 0.6) is 0 Å². The summed E-state index contributed by atoms with van der Waals surface area (Å²) in [5, 5.41) is 12.2. The van der Waals surface area contributed by atoms with Gasteiger partial charge in [-0.2, -0.15) is 0 Å². The van der Waals surface area contributed by atoms with Crippen LogP contribution in [0.25, 0.3) is 0 Å². The molecule has 0 unspecified atom stereocenters. The molecule has 0 radical (unpaired) electrons. The number of methoxy groups -OCH3 is 1. The summed E-state index contributed by atoms with van der Waals surface area (Å²) in [6.07, 6.45) is 1.67. The second-order valence-corrected chi connectivity index (χ2v) is 4.31. The van der Waals surface area contributed by atoms with Gasteiger partial charge in [-0.1, -0.05) is 30.3 Å². The van der Waals surface area contributed by atoms with E-state index in [0.717, 1.165) is 23.5 Å². The number of aliphatic hydroxyl groups excluding tert-OH is 1. The van der Waals surface area contributed by atoms with Crippen LogP contribution in [0.15, 0.2) is 42.6 Å². The predicted octanol–water partition coefficient (Wildman–Crippen LogP) is 2.33. The van der Waals surface area contributed by atoms with Crippen molar-refractivity contribution in [3.8, 4) is 0 Å². The summed E-state index contributed by atoms with van der Waals surface area (Å²) >= 11 is 0. The molecule has 0 aliphatic rings. The van der Waals surface area contributed by atoms with Gasteiger partial charge in [0.15, 0.2) is 0 Å². The topological polar surface area (TPSA) is 54.4 Å². The minimum absolute atomic E-state index is 0.0221. The Morgan fingerprint density at radius 2 is 1.74 bits per heavy atom. The molecule has 19 heavy (non-hydrogen) atoms. The number of benzene rings is 1. The van der Waals surface area contributed by atoms with Crippen molar-refractivity contribution >= 4 is 5.82 Å². The van der Waals surface area contributed by atoms with E-state index in [9.17, 15) is 0 Å². The molecule has 0 atom stereocenters. The quantitative estimate of drug-likeness (QED) is 0.835. The van der Waals surface area contributed by atoms with Crippen LogP contribution in [-0.2, 0) is 24.5 Å². The lowest BCUT2D eigenvalue weighted by Gasteiger charge is -2.07. The van der Waals surface area contributed by atoms with Gasteiger partial charge in [0.1, 0.15) is 5.82 Å². The second kappa shape index (κ2) is 6.87. The van der Waals surface area contributed by atoms with Gasteiger partial charge in [0, 0.05) is 19.9 Å². The molecule has 2 rings (SSSR count). The maximum Gasteiger partial charge on any atom is 0.126 e. The Hall–Kier alpha value is -1.91. The zero-order valence-corrected chi connectivity index (χ0v) is 11.0. The molecule has 100 valence electrons. The monoisotopic (exact) mass is 258 g/mol. The lowest BCUT2D eigenvalue weighted by molar-refractivity contribution is 0.185. The highest BCUT2D eigenvalue weighted by molar-refractivity contribution is 5.36. The molecule has 0 spiro atoms. The van der Waals surface area contributed by atoms with Crippen LogP contribution in [0.2, 0.25) is 0 Å². The largest absolute Gasteiger partial charge is 0.392 e. The van der Waals surface area contributed by atoms with Gasteiger partial charge in [-0.25, -0.2) is 4.98 Å². The van der Waals surface area contributed by atoms with Gasteiger partial charge in [-0.05, 0) is 22.8 Å². The lowest BCUT2D eigenvalue weighted by Crippen LogP contribution is -2.01. The molecule has 0 aliphatic carbocycles. The van der Waals surface area contributed by atoms with Crippen molar-refractivity contribution in [2.75, 3.05) is 12.4 Å². The van der Waals surface area contributed by atoms with Gasteiger partial charge in [0.05, 0.1) is 13.2 Å². The molecule has 4 nitrogen and oxygen atoms in total. The molecular formula is C15H18N2O2. The average molecular weight is 258 g/mol. The molecule has 0 saturated carbocycles. The zero-order valence-electron chi connectivity index (χ0n) is 11.0. The maximum absolute atomic E-state index is 8.94. The summed E-state index contributed by atoms with van der Waals surface area (Å²) in [4.78, 5) is 4.22. The molecule has 0 bridgehead atoms. The van der Waals surface area contributed by atoms with E-state index < -0.39 is 0 Å². The van der Waals surface area contributed by atoms with Crippen molar-refractivity contribution in [2.45, 2.75) is 19.8 Å². The van der Waals surface area contributed by atoms with E-state index in [1.54, 1.807) is 13.3 Å². The SMILES string of the molecule is COCc1ccc(CNc2ccc(CO)cn2)cc1. The Morgan fingerprint density at radius 3 is 2.32 bits per heavy atom. The Balaban J connectivity index is 1.90. The maximum atomic E-state index is 8.94. The van der Waals surface area contributed by atoms with Gasteiger partial charge >= 0.3 is 0 Å². The van der Waals surface area contributed by atoms with Crippen molar-refractivity contribution in [1.82, 2.24) is 4.98 Å². The number of hydrogen-bond acceptors (Lipinski definition) is 4. The number of nitrogens with zero attached hydrogens (tertiary/aromatic N) is 1. The first kappa shape index (κ1) is 13.5. The Kier molecular flexibility index (Phi) is 4.89. The van der Waals surface area contributed by atoms with Crippen molar-refractivity contribution in [3.05, 3.63) is 59.3 Å². The summed E-state index contributed by atoms with van der Waals surface area (Å²) in [6, 6.07) is 12.0. The summed E-state index contributed by atoms with van der Waals surface area (Å²) in [5.41, 5.74) is 3.17. The fourth-order valence-electron chi connectivity index (χ4n) is 1.74. The highest BCUT2D eigenvalue weighted by Crippen LogP contribution is 2.09. The van der Waals surface area contributed by atoms with Crippen LogP contribution < -0.4 is 5.32 Å². The fourth-order valence-corrected chi connectivity index (χ4v) is 1.74. The molecule has 2 aromatic rings. The van der Waals surface area contributed by atoms with Gasteiger partial charge in [-0.15, -0.1) is 0 Å². The van der Waals surface area contributed by atoms with Crippen LogP contribution in [0.3, 0.4) is 0 Å². The van der Waals surface area contributed by atoms with Gasteiger partial charge in [-0.3, -0.25) is 0 Å². The minimum Gasteiger partial charge on any atom is -0.392 e. The van der Waals surface area contributed by atoms with Crippen molar-refractivity contribution < 1.29 is 9.84 Å². The lowest BCUT2D eigenvalue weighted by atomic mass is 10.1. The molecule has 4 heteroatoms. The van der Waals surface area contributed by atoms with E-state index in [1.165, 1.54) is 5.56 Å². The van der Waals surface area contributed by atoms with E-state index in [1.807, 2.05) is 12.1 Å². The fraction of sp³-hybridized carbons (Fsp3) is 0.267. The summed E-state index contributed by atoms with van der Waals surface area (Å²) in [6.45, 7) is 1.38. The Morgan fingerprint density at radius 1 is 1.05 bits per heavy atom. The molecule has 0 fully saturated rings. The summed E-state index contributed by atoms with van der Waals surface area (Å²) in [7, 11) is 1.69. The molecule has 1 aromatic carbocycles. The van der Waals surface area contributed by atoms with Crippen LogP contribution in [0.4, 0.5) is 5.82 Å². The molecule has 1 aromatic heterocycles. The third-order valence-corrected chi connectivity index (χ3v) is 2.81. The number of pyridine rings is 1. The van der Waals surface area contributed by atoms with Gasteiger partial charge in [0.2, 0.25) is 0 Å². The van der Waals surface area contributed by atoms with E-state index >= 15 is 0 Å². The first-order valence-corrected chi connectivity index (χ1v) is 6.18. The van der Waals surface area contributed by atoms with Gasteiger partial charge < -0.3 is 15.2 Å². The zero-order chi connectivity index (χ0) is 13.5. The number of hydrogen-bond donors (Lipinski definition) is 2. The van der Waals surface area contributed by atoms with Crippen molar-refractivity contribution in [1.29, 1.82) is 0 Å². The van der Waals surface area contributed by atoms with E-state index in [4.69, 9.17) is 9.84 Å². The summed E-state index contributed by atoms with van der Waals surface area (Å²) in [5.74, 6) is 0.804. The van der Waals surface area contributed by atoms with Crippen molar-refractivity contribution in [2.24, 2.45) is 0 Å². The number of anilines is 1. The molecular weight excluding hydrogens is 240 g/mol. The highest BCUT2D eigenvalue weighted by atomic mass is 16.5. The van der Waals surface area contributed by atoms with Crippen LogP contribution in [0, 0.1) is 0 Å². The number of ether oxygens (including phenoxy) is 1. The molecule has 0 saturated heterocycles. The van der Waals surface area contributed by atoms with Crippen LogP contribution >= 0.6 is 0 Å². The summed E-state index contributed by atoms with van der Waals surface area (Å²) < 4.78 is 5.07. The molecule has 2 N–H and O–H groups in total. The number of aromatic nitrogens is 1. The Labute approximate surface area is 113 Å². The van der Waals surface area contributed by atoms with E-state index in [-0.39, 0.29) is 6.61 Å². The third kappa shape index (κ3) is 4.05. The average Bonchev–Trinajstić information content (AvgIpc) is 2.47. The van der Waals surface area contributed by atoms with Crippen LogP contribution in [-0.4, -0.2) is 17.2 Å². The van der Waals surface area contributed by atoms with E-state index in [0.29, 0.717) is 6.61 Å². The van der Waals surface area contributed by atoms with E-state index in [2.05, 4.69) is 34.6 Å². The number of aliphatic hydroxyl groups is 1. The minimum atomic E-state index is 0.0221. The first-order valence-electron chi connectivity index (χ1n) is 6.18. The normalized spacial score (nSPS) is 10.4. The predicted molar refractivity (Wildman–Crippen MR) is 74.6 cm³/mol. The van der Waals surface area contributed by atoms with Crippen LogP contribution in [0.1, 0.15) is 16.7 Å². The molecule has 1 heterocycles. The number of nitrogens with one attached hydrogen (secondary N) is 1. The third-order valence-electron chi connectivity index (χ3n) is 2.81. The number of rotatable bonds is 6. The van der Waals surface area contributed by atoms with Gasteiger partial charge in [0.25, 0.3) is 0 Å². The second-order valence-electron chi connectivity index (χ2n) is 4.31.